The van der Waals surface area contributed by atoms with E-state index >= 15 is 0 Å². The van der Waals surface area contributed by atoms with E-state index < -0.39 is 36.4 Å². The molecule has 2 spiro atoms. The van der Waals surface area contributed by atoms with Crippen molar-refractivity contribution < 1.29 is 38.7 Å². The molecule has 10 atom stereocenters. The summed E-state index contributed by atoms with van der Waals surface area (Å²) in [4.78, 5) is 32.2. The molecule has 0 aromatic heterocycles. The van der Waals surface area contributed by atoms with E-state index in [0.29, 0.717) is 35.1 Å². The minimum absolute atomic E-state index is 0.192. The molecule has 4 aliphatic heterocycles. The Morgan fingerprint density at radius 3 is 1.62 bits per heavy atom. The summed E-state index contributed by atoms with van der Waals surface area (Å²) < 4.78 is 25.1. The molecule has 10 nitrogen and oxygen atoms in total. The number of nitrogens with zero attached hydrogens (tertiary/aromatic N) is 2. The van der Waals surface area contributed by atoms with Gasteiger partial charge < -0.3 is 39.0 Å². The number of esters is 2. The smallest absolute Gasteiger partial charge is 0.343 e. The molecule has 0 saturated carbocycles. The summed E-state index contributed by atoms with van der Waals surface area (Å²) in [5.74, 6) is 0.823. The van der Waals surface area contributed by atoms with Crippen molar-refractivity contribution in [2.75, 3.05) is 27.2 Å². The van der Waals surface area contributed by atoms with Gasteiger partial charge in [-0.2, -0.15) is 0 Å². The molecule has 3 aromatic carbocycles. The summed E-state index contributed by atoms with van der Waals surface area (Å²) in [6, 6.07) is 14.6. The van der Waals surface area contributed by atoms with E-state index in [4.69, 9.17) is 18.9 Å². The molecule has 11 rings (SSSR count). The average Bonchev–Trinajstić information content (AvgIpc) is 3.69. The molecule has 2 saturated heterocycles. The molecule has 4 aliphatic carbocycles. The van der Waals surface area contributed by atoms with Gasteiger partial charge in [-0.15, -0.1) is 0 Å². The first kappa shape index (κ1) is 31.1. The second-order valence-corrected chi connectivity index (χ2v) is 16.2. The Balaban J connectivity index is 0.880. The minimum atomic E-state index is -0.760. The molecule has 2 N–H and O–H groups in total. The van der Waals surface area contributed by atoms with Gasteiger partial charge in [0.05, 0.1) is 11.1 Å². The van der Waals surface area contributed by atoms with Gasteiger partial charge in [-0.1, -0.05) is 42.5 Å². The molecule has 4 heterocycles. The van der Waals surface area contributed by atoms with Crippen molar-refractivity contribution in [1.29, 1.82) is 0 Å². The van der Waals surface area contributed by atoms with Gasteiger partial charge in [-0.3, -0.25) is 0 Å². The van der Waals surface area contributed by atoms with Gasteiger partial charge in [-0.05, 0) is 94.3 Å². The fourth-order valence-electron chi connectivity index (χ4n) is 11.7. The monoisotopic (exact) mass is 700 g/mol. The number of likely N-dealkylation sites (tertiary alicyclic amines) is 2. The van der Waals surface area contributed by atoms with Gasteiger partial charge in [0.2, 0.25) is 0 Å². The Hall–Kier alpha value is -4.48. The van der Waals surface area contributed by atoms with Crippen LogP contribution < -0.4 is 18.9 Å². The highest BCUT2D eigenvalue weighted by molar-refractivity contribution is 5.97. The van der Waals surface area contributed by atoms with Crippen LogP contribution in [0, 0.1) is 11.8 Å². The van der Waals surface area contributed by atoms with E-state index in [-0.39, 0.29) is 33.8 Å². The number of aliphatic hydroxyl groups excluding tert-OH is 2. The van der Waals surface area contributed by atoms with Crippen molar-refractivity contribution in [2.24, 2.45) is 11.8 Å². The molecule has 0 radical (unpaired) electrons. The summed E-state index contributed by atoms with van der Waals surface area (Å²) in [5, 5.41) is 22.2. The number of ether oxygens (including phenoxy) is 4. The van der Waals surface area contributed by atoms with Gasteiger partial charge in [0.15, 0.2) is 23.0 Å². The first-order chi connectivity index (χ1) is 25.2. The molecule has 0 amide bonds. The molecular formula is C42H40N2O8. The third-order valence-electron chi connectivity index (χ3n) is 14.0. The second kappa shape index (κ2) is 10.6. The number of aliphatic hydroxyl groups is 2. The van der Waals surface area contributed by atoms with Gasteiger partial charge in [-0.25, -0.2) is 9.59 Å². The fourth-order valence-corrected chi connectivity index (χ4v) is 11.7. The van der Waals surface area contributed by atoms with Crippen molar-refractivity contribution in [2.45, 2.75) is 73.0 Å². The third-order valence-corrected chi connectivity index (χ3v) is 14.0. The molecule has 10 heteroatoms. The lowest BCUT2D eigenvalue weighted by molar-refractivity contribution is -0.0453. The van der Waals surface area contributed by atoms with Crippen LogP contribution in [0.25, 0.3) is 0 Å². The standard InChI is InChI=1S/C42H40N2O8/c1-43-16-14-41-25-8-10-29(45)37(41)51-35-31(12-6-21(33(35)41)19-27(25)43)49-39(47)23-4-3-5-24(18-23)40(48)50-32-13-7-22-20-28-26-9-11-30(46)38-42(26,15-17-44(28)2)34(22)36(32)52-38/h3-13,18,25-30,37-38,45-46H,14-17,19-20H2,1-2H3/t25-,26-,27+,28+,29-,30-,37-,38-,41-,42-/m0/s1. The van der Waals surface area contributed by atoms with E-state index in [1.165, 1.54) is 17.2 Å². The molecule has 8 aliphatic rings. The minimum Gasteiger partial charge on any atom is -0.482 e. The first-order valence-corrected chi connectivity index (χ1v) is 18.5. The van der Waals surface area contributed by atoms with Gasteiger partial charge >= 0.3 is 11.9 Å². The molecule has 2 fully saturated rings. The highest BCUT2D eigenvalue weighted by Gasteiger charge is 2.65. The largest absolute Gasteiger partial charge is 0.482 e. The van der Waals surface area contributed by atoms with Crippen LogP contribution in [0.3, 0.4) is 0 Å². The lowest BCUT2D eigenvalue weighted by atomic mass is 9.53. The average molecular weight is 701 g/mol. The number of piperidine rings is 2. The first-order valence-electron chi connectivity index (χ1n) is 18.5. The van der Waals surface area contributed by atoms with E-state index in [9.17, 15) is 19.8 Å². The summed E-state index contributed by atoms with van der Waals surface area (Å²) in [6.07, 6.45) is 8.99. The zero-order valence-corrected chi connectivity index (χ0v) is 29.0. The molecule has 52 heavy (non-hydrogen) atoms. The molecule has 3 aromatic rings. The van der Waals surface area contributed by atoms with Gasteiger partial charge in [0.1, 0.15) is 24.4 Å². The van der Waals surface area contributed by atoms with Crippen molar-refractivity contribution in [3.05, 3.63) is 106 Å². The lowest BCUT2D eigenvalue weighted by Gasteiger charge is -2.56. The number of likely N-dealkylation sites (N-methyl/N-ethyl adjacent to an activating group) is 2. The maximum absolute atomic E-state index is 13.7. The van der Waals surface area contributed by atoms with Gasteiger partial charge in [0.25, 0.3) is 0 Å². The van der Waals surface area contributed by atoms with Crippen LogP contribution >= 0.6 is 0 Å². The maximum atomic E-state index is 13.7. The number of rotatable bonds is 4. The Morgan fingerprint density at radius 2 is 1.15 bits per heavy atom. The number of hydrogen-bond acceptors (Lipinski definition) is 10. The lowest BCUT2D eigenvalue weighted by Crippen LogP contribution is -2.64. The highest BCUT2D eigenvalue weighted by atomic mass is 16.6. The van der Waals surface area contributed by atoms with Crippen LogP contribution in [0.1, 0.15) is 55.8 Å². The van der Waals surface area contributed by atoms with Crippen molar-refractivity contribution in [3.63, 3.8) is 0 Å². The Labute approximate surface area is 301 Å². The fraction of sp³-hybridized carbons (Fsp3) is 0.429. The van der Waals surface area contributed by atoms with Crippen molar-refractivity contribution in [3.8, 4) is 23.0 Å². The topological polar surface area (TPSA) is 118 Å². The summed E-state index contributed by atoms with van der Waals surface area (Å²) in [6.45, 7) is 1.79. The zero-order valence-electron chi connectivity index (χ0n) is 29.0. The highest BCUT2D eigenvalue weighted by Crippen LogP contribution is 2.64. The molecule has 266 valence electrons. The predicted molar refractivity (Wildman–Crippen MR) is 188 cm³/mol. The Morgan fingerprint density at radius 1 is 0.692 bits per heavy atom. The quantitative estimate of drug-likeness (QED) is 0.237. The Kier molecular flexibility index (Phi) is 6.31. The normalized spacial score (nSPS) is 36.7. The van der Waals surface area contributed by atoms with Crippen LogP contribution in [0.4, 0.5) is 0 Å². The zero-order chi connectivity index (χ0) is 35.3. The number of hydrogen-bond donors (Lipinski definition) is 2. The number of carbonyl (C=O) groups excluding carboxylic acids is 2. The van der Waals surface area contributed by atoms with Crippen molar-refractivity contribution >= 4 is 11.9 Å². The van der Waals surface area contributed by atoms with Crippen molar-refractivity contribution in [1.82, 2.24) is 9.80 Å². The molecule has 4 bridgehead atoms. The molecule has 0 unspecified atom stereocenters. The van der Waals surface area contributed by atoms with E-state index in [0.717, 1.165) is 49.9 Å². The van der Waals surface area contributed by atoms with Crippen LogP contribution in [0.15, 0.2) is 72.8 Å². The summed E-state index contributed by atoms with van der Waals surface area (Å²) in [5.41, 5.74) is 4.10. The number of carbonyl (C=O) groups is 2. The van der Waals surface area contributed by atoms with E-state index in [1.807, 2.05) is 24.3 Å². The van der Waals surface area contributed by atoms with Crippen LogP contribution in [-0.2, 0) is 23.7 Å². The van der Waals surface area contributed by atoms with Crippen LogP contribution in [-0.4, -0.2) is 95.6 Å². The molecular weight excluding hydrogens is 660 g/mol. The van der Waals surface area contributed by atoms with E-state index in [1.54, 1.807) is 30.3 Å². The number of benzene rings is 3. The van der Waals surface area contributed by atoms with Crippen LogP contribution in [0.5, 0.6) is 23.0 Å². The summed E-state index contributed by atoms with van der Waals surface area (Å²) >= 11 is 0. The predicted octanol–water partition coefficient (Wildman–Crippen LogP) is 3.74. The third kappa shape index (κ3) is 3.83. The SMILES string of the molecule is CN1CC[C@]23c4c5ccc(OC(=O)c6cccc(C(=O)Oc7ccc8c9c7O[C@H]7[C@@H](O)C=C[C@H]%10[C@@H](C8)N(C)CC[C@@]9%107)c6)c4O[C@H]2[C@@H](O)C=C[C@H]3[C@H]1C5. The second-order valence-electron chi connectivity index (χ2n) is 16.2. The Bertz CT molecular complexity index is 2020. The summed E-state index contributed by atoms with van der Waals surface area (Å²) in [7, 11) is 4.32. The van der Waals surface area contributed by atoms with Gasteiger partial charge in [0, 0.05) is 45.9 Å². The maximum Gasteiger partial charge on any atom is 0.343 e. The van der Waals surface area contributed by atoms with Crippen LogP contribution in [0.2, 0.25) is 0 Å². The van der Waals surface area contributed by atoms with E-state index in [2.05, 4.69) is 36.0 Å².